The van der Waals surface area contributed by atoms with Crippen LogP contribution in [0.1, 0.15) is 0 Å². The normalized spacial score (nSPS) is 17.2. The fourth-order valence-electron chi connectivity index (χ4n) is 0.395. The molecule has 8 heteroatoms. The second kappa shape index (κ2) is 4.34. The third kappa shape index (κ3) is 6.75. The fourth-order valence-corrected chi connectivity index (χ4v) is 1.41. The van der Waals surface area contributed by atoms with Crippen LogP contribution in [0.15, 0.2) is 0 Å². The minimum absolute atomic E-state index is 0.337. The van der Waals surface area contributed by atoms with E-state index in [1.807, 2.05) is 0 Å². The molecule has 0 saturated heterocycles. The van der Waals surface area contributed by atoms with Gasteiger partial charge in [-0.3, -0.25) is 8.75 Å². The van der Waals surface area contributed by atoms with Crippen molar-refractivity contribution < 1.29 is 26.6 Å². The minimum Gasteiger partial charge on any atom is -0.324 e. The standard InChI is InChI=1S/C4H11O6PS/c1-9-11(5,6)4-3-10-12(2,7)8/h3-4H2,1-2H3,(H,5,6). The van der Waals surface area contributed by atoms with Gasteiger partial charge in [0, 0.05) is 7.11 Å². The fraction of sp³-hybridized carbons (Fsp3) is 1.00. The molecule has 0 amide bonds. The first-order valence-corrected chi connectivity index (χ1v) is 6.57. The summed E-state index contributed by atoms with van der Waals surface area (Å²) in [6, 6.07) is 0. The van der Waals surface area contributed by atoms with Gasteiger partial charge in [0.25, 0.3) is 10.1 Å². The van der Waals surface area contributed by atoms with Gasteiger partial charge in [-0.2, -0.15) is 8.42 Å². The van der Waals surface area contributed by atoms with E-state index in [0.29, 0.717) is 0 Å². The summed E-state index contributed by atoms with van der Waals surface area (Å²) in [7, 11) is -6.12. The topological polar surface area (TPSA) is 89.9 Å². The summed E-state index contributed by atoms with van der Waals surface area (Å²) in [5, 5.41) is 0. The lowest BCUT2D eigenvalue weighted by Crippen LogP contribution is -2.08. The van der Waals surface area contributed by atoms with Crippen molar-refractivity contribution in [2.45, 2.75) is 0 Å². The van der Waals surface area contributed by atoms with E-state index >= 15 is 0 Å². The van der Waals surface area contributed by atoms with Crippen molar-refractivity contribution in [1.29, 1.82) is 0 Å². The molecule has 0 bridgehead atoms. The Bertz CT molecular complexity index is 269. The molecule has 0 aromatic carbocycles. The lowest BCUT2D eigenvalue weighted by Gasteiger charge is -2.07. The van der Waals surface area contributed by atoms with Crippen LogP contribution >= 0.6 is 7.60 Å². The van der Waals surface area contributed by atoms with Gasteiger partial charge in [0.05, 0.1) is 19.0 Å². The average molecular weight is 218 g/mol. The zero-order chi connectivity index (χ0) is 9.83. The minimum atomic E-state index is -3.65. The van der Waals surface area contributed by atoms with Crippen LogP contribution in [0.25, 0.3) is 0 Å². The molecule has 74 valence electrons. The molecule has 0 saturated carbocycles. The Kier molecular flexibility index (Phi) is 4.36. The number of hydrogen-bond donors (Lipinski definition) is 1. The van der Waals surface area contributed by atoms with Crippen molar-refractivity contribution in [2.24, 2.45) is 0 Å². The van der Waals surface area contributed by atoms with Gasteiger partial charge in [0.15, 0.2) is 0 Å². The molecule has 1 unspecified atom stereocenters. The summed E-state index contributed by atoms with van der Waals surface area (Å²) in [5.41, 5.74) is 0. The third-order valence-corrected chi connectivity index (χ3v) is 2.87. The van der Waals surface area contributed by atoms with Gasteiger partial charge in [-0.15, -0.1) is 0 Å². The molecule has 0 fully saturated rings. The first-order chi connectivity index (χ1) is 5.27. The highest BCUT2D eigenvalue weighted by atomic mass is 32.2. The summed E-state index contributed by atoms with van der Waals surface area (Å²) in [6.45, 7) is -0.347. The Hall–Kier alpha value is 0.0600. The lowest BCUT2D eigenvalue weighted by molar-refractivity contribution is 0.293. The quantitative estimate of drug-likeness (QED) is 0.507. The second-order valence-corrected chi connectivity index (χ2v) is 5.80. The smallest absolute Gasteiger partial charge is 0.324 e. The van der Waals surface area contributed by atoms with Crippen molar-refractivity contribution in [3.8, 4) is 0 Å². The van der Waals surface area contributed by atoms with Crippen LogP contribution in [0.3, 0.4) is 0 Å². The molecule has 0 spiro atoms. The Morgan fingerprint density at radius 2 is 2.00 bits per heavy atom. The van der Waals surface area contributed by atoms with Gasteiger partial charge in [-0.1, -0.05) is 0 Å². The van der Waals surface area contributed by atoms with E-state index in [1.165, 1.54) is 0 Å². The molecule has 0 aromatic heterocycles. The molecule has 12 heavy (non-hydrogen) atoms. The molecule has 0 aromatic rings. The van der Waals surface area contributed by atoms with Crippen LogP contribution in [-0.2, 0) is 23.4 Å². The van der Waals surface area contributed by atoms with Crippen molar-refractivity contribution in [3.05, 3.63) is 0 Å². The van der Waals surface area contributed by atoms with Crippen LogP contribution < -0.4 is 0 Å². The highest BCUT2D eigenvalue weighted by Crippen LogP contribution is 2.39. The van der Waals surface area contributed by atoms with Crippen LogP contribution in [0, 0.1) is 0 Å². The van der Waals surface area contributed by atoms with Gasteiger partial charge < -0.3 is 9.42 Å². The van der Waals surface area contributed by atoms with Crippen LogP contribution in [0.2, 0.25) is 0 Å². The lowest BCUT2D eigenvalue weighted by atomic mass is 10.9. The molecule has 0 aliphatic carbocycles. The number of hydrogen-bond acceptors (Lipinski definition) is 5. The largest absolute Gasteiger partial charge is 0.330 e. The van der Waals surface area contributed by atoms with Crippen molar-refractivity contribution in [3.63, 3.8) is 0 Å². The Balaban J connectivity index is 3.80. The molecule has 1 atom stereocenters. The van der Waals surface area contributed by atoms with Crippen molar-refractivity contribution >= 4 is 17.7 Å². The molecule has 6 nitrogen and oxygen atoms in total. The first-order valence-electron chi connectivity index (χ1n) is 2.99. The first kappa shape index (κ1) is 12.1. The van der Waals surface area contributed by atoms with Gasteiger partial charge in [0.1, 0.15) is 0 Å². The van der Waals surface area contributed by atoms with E-state index in [9.17, 15) is 13.0 Å². The predicted octanol–water partition coefficient (Wildman–Crippen LogP) is -0.206. The average Bonchev–Trinajstić information content (AvgIpc) is 1.84. The zero-order valence-corrected chi connectivity index (χ0v) is 8.47. The second-order valence-electron chi connectivity index (χ2n) is 2.07. The summed E-state index contributed by atoms with van der Waals surface area (Å²) in [5.74, 6) is 0. The van der Waals surface area contributed by atoms with E-state index in [1.54, 1.807) is 0 Å². The maximum atomic E-state index is 10.7. The monoisotopic (exact) mass is 218 g/mol. The molecule has 0 aliphatic heterocycles. The Morgan fingerprint density at radius 1 is 1.50 bits per heavy atom. The summed E-state index contributed by atoms with van der Waals surface area (Å²) < 4.78 is 39.9. The van der Waals surface area contributed by atoms with Crippen molar-refractivity contribution in [2.75, 3.05) is 26.1 Å². The Labute approximate surface area is 71.2 Å². The van der Waals surface area contributed by atoms with Gasteiger partial charge in [-0.25, -0.2) is 0 Å². The van der Waals surface area contributed by atoms with Crippen LogP contribution in [0.5, 0.6) is 0 Å². The van der Waals surface area contributed by atoms with E-state index in [2.05, 4.69) is 8.71 Å². The van der Waals surface area contributed by atoms with E-state index in [0.717, 1.165) is 13.4 Å². The maximum absolute atomic E-state index is 10.7. The molecule has 0 rings (SSSR count). The maximum Gasteiger partial charge on any atom is 0.330 e. The summed E-state index contributed by atoms with van der Waals surface area (Å²) >= 11 is 0. The predicted molar refractivity (Wildman–Crippen MR) is 42.5 cm³/mol. The molecule has 0 aliphatic rings. The van der Waals surface area contributed by atoms with E-state index in [4.69, 9.17) is 4.89 Å². The van der Waals surface area contributed by atoms with Gasteiger partial charge in [-0.05, 0) is 0 Å². The zero-order valence-electron chi connectivity index (χ0n) is 6.76. The van der Waals surface area contributed by atoms with Crippen molar-refractivity contribution in [1.82, 2.24) is 0 Å². The molecule has 0 heterocycles. The highest BCUT2D eigenvalue weighted by Gasteiger charge is 2.17. The van der Waals surface area contributed by atoms with Crippen LogP contribution in [-0.4, -0.2) is 39.4 Å². The van der Waals surface area contributed by atoms with Crippen LogP contribution in [0.4, 0.5) is 0 Å². The molecule has 1 N–H and O–H groups in total. The van der Waals surface area contributed by atoms with Gasteiger partial charge >= 0.3 is 7.60 Å². The molecular weight excluding hydrogens is 207 g/mol. The highest BCUT2D eigenvalue weighted by molar-refractivity contribution is 7.86. The Morgan fingerprint density at radius 3 is 2.33 bits per heavy atom. The van der Waals surface area contributed by atoms with E-state index in [-0.39, 0.29) is 12.8 Å². The summed E-state index contributed by atoms with van der Waals surface area (Å²) in [6.07, 6.45) is 0.526. The third-order valence-electron chi connectivity index (χ3n) is 0.957. The SMILES string of the molecule is COP(=O)(O)CCOS(C)(=O)=O. The number of rotatable bonds is 5. The molecular formula is C4H11O6PS. The molecule has 0 radical (unpaired) electrons. The van der Waals surface area contributed by atoms with Gasteiger partial charge in [0.2, 0.25) is 0 Å². The summed E-state index contributed by atoms with van der Waals surface area (Å²) in [4.78, 5) is 8.78. The van der Waals surface area contributed by atoms with E-state index < -0.39 is 17.7 Å².